The Morgan fingerprint density at radius 2 is 2.08 bits per heavy atom. The summed E-state index contributed by atoms with van der Waals surface area (Å²) in [5, 5.41) is 3.16. The van der Waals surface area contributed by atoms with E-state index in [2.05, 4.69) is 35.4 Å². The summed E-state index contributed by atoms with van der Waals surface area (Å²) in [7, 11) is 3.75. The molecule has 1 N–H and O–H groups in total. The predicted octanol–water partition coefficient (Wildman–Crippen LogP) is 2.48. The van der Waals surface area contributed by atoms with E-state index >= 15 is 0 Å². The fourth-order valence-electron chi connectivity index (χ4n) is 1.25. The highest BCUT2D eigenvalue weighted by atomic mass is 14.8. The highest BCUT2D eigenvalue weighted by Crippen LogP contribution is 2.16. The zero-order chi connectivity index (χ0) is 9.84. The minimum Gasteiger partial charge on any atom is -0.388 e. The average molecular weight is 176 g/mol. The number of rotatable bonds is 2. The molecule has 0 aromatic heterocycles. The van der Waals surface area contributed by atoms with Crippen molar-refractivity contribution in [3.05, 3.63) is 29.3 Å². The zero-order valence-electron chi connectivity index (χ0n) is 8.68. The topological polar surface area (TPSA) is 24.4 Å². The van der Waals surface area contributed by atoms with Crippen LogP contribution in [0.1, 0.15) is 18.1 Å². The van der Waals surface area contributed by atoms with E-state index in [4.69, 9.17) is 0 Å². The molecule has 0 heterocycles. The van der Waals surface area contributed by atoms with Crippen molar-refractivity contribution in [3.63, 3.8) is 0 Å². The van der Waals surface area contributed by atoms with E-state index in [1.807, 2.05) is 21.0 Å². The third kappa shape index (κ3) is 2.08. The third-order valence-corrected chi connectivity index (χ3v) is 2.26. The normalized spacial score (nSPS) is 11.5. The van der Waals surface area contributed by atoms with Crippen molar-refractivity contribution >= 4 is 11.4 Å². The van der Waals surface area contributed by atoms with Crippen LogP contribution in [0.2, 0.25) is 0 Å². The fraction of sp³-hybridized carbons (Fsp3) is 0.364. The van der Waals surface area contributed by atoms with E-state index in [1.54, 1.807) is 0 Å². The van der Waals surface area contributed by atoms with Crippen LogP contribution in [0.4, 0.5) is 5.69 Å². The summed E-state index contributed by atoms with van der Waals surface area (Å²) in [6.45, 7) is 4.11. The Bertz CT molecular complexity index is 327. The van der Waals surface area contributed by atoms with Crippen molar-refractivity contribution in [1.82, 2.24) is 0 Å². The van der Waals surface area contributed by atoms with Crippen LogP contribution in [0.25, 0.3) is 0 Å². The molecule has 0 aliphatic rings. The Kier molecular flexibility index (Phi) is 3.07. The van der Waals surface area contributed by atoms with Gasteiger partial charge in [-0.25, -0.2) is 0 Å². The van der Waals surface area contributed by atoms with Crippen LogP contribution in [0.3, 0.4) is 0 Å². The maximum absolute atomic E-state index is 4.15. The molecule has 0 fully saturated rings. The molecule has 0 spiro atoms. The van der Waals surface area contributed by atoms with Gasteiger partial charge in [-0.3, -0.25) is 4.99 Å². The first kappa shape index (κ1) is 9.78. The van der Waals surface area contributed by atoms with Gasteiger partial charge in [0, 0.05) is 25.5 Å². The van der Waals surface area contributed by atoms with Gasteiger partial charge in [0.15, 0.2) is 0 Å². The van der Waals surface area contributed by atoms with Gasteiger partial charge in [-0.2, -0.15) is 0 Å². The lowest BCUT2D eigenvalue weighted by Crippen LogP contribution is -1.98. The lowest BCUT2D eigenvalue weighted by Gasteiger charge is -2.07. The van der Waals surface area contributed by atoms with E-state index < -0.39 is 0 Å². The summed E-state index contributed by atoms with van der Waals surface area (Å²) < 4.78 is 0. The summed E-state index contributed by atoms with van der Waals surface area (Å²) in [5.74, 6) is 0. The van der Waals surface area contributed by atoms with Gasteiger partial charge in [-0.15, -0.1) is 0 Å². The molecule has 1 aromatic rings. The molecule has 70 valence electrons. The monoisotopic (exact) mass is 176 g/mol. The molecule has 1 rings (SSSR count). The molecule has 13 heavy (non-hydrogen) atoms. The highest BCUT2D eigenvalue weighted by molar-refractivity contribution is 5.99. The van der Waals surface area contributed by atoms with Crippen LogP contribution in [-0.4, -0.2) is 19.8 Å². The largest absolute Gasteiger partial charge is 0.388 e. The van der Waals surface area contributed by atoms with Crippen LogP contribution in [0.5, 0.6) is 0 Å². The molecule has 2 nitrogen and oxygen atoms in total. The van der Waals surface area contributed by atoms with Gasteiger partial charge in [0.2, 0.25) is 0 Å². The second-order valence-electron chi connectivity index (χ2n) is 3.09. The molecule has 0 bridgehead atoms. The smallest absolute Gasteiger partial charge is 0.0386 e. The Morgan fingerprint density at radius 3 is 2.62 bits per heavy atom. The van der Waals surface area contributed by atoms with Crippen molar-refractivity contribution in [2.75, 3.05) is 19.4 Å². The number of aryl methyl sites for hydroxylation is 1. The van der Waals surface area contributed by atoms with Crippen LogP contribution in [0, 0.1) is 6.92 Å². The summed E-state index contributed by atoms with van der Waals surface area (Å²) in [6.07, 6.45) is 0. The van der Waals surface area contributed by atoms with E-state index in [-0.39, 0.29) is 0 Å². The molecule has 0 aliphatic heterocycles. The number of anilines is 1. The van der Waals surface area contributed by atoms with Gasteiger partial charge in [0.1, 0.15) is 0 Å². The average Bonchev–Trinajstić information content (AvgIpc) is 2.17. The fourth-order valence-corrected chi connectivity index (χ4v) is 1.25. The molecule has 0 atom stereocenters. The number of hydrogen-bond donors (Lipinski definition) is 1. The van der Waals surface area contributed by atoms with Gasteiger partial charge in [-0.05, 0) is 31.0 Å². The Hall–Kier alpha value is -1.31. The standard InChI is InChI=1S/C11H16N2/c1-8-5-6-10(9(2)12-3)7-11(8)13-4/h5-7,13H,1-4H3. The van der Waals surface area contributed by atoms with E-state index in [0.717, 1.165) is 5.71 Å². The molecule has 0 saturated heterocycles. The predicted molar refractivity (Wildman–Crippen MR) is 58.9 cm³/mol. The van der Waals surface area contributed by atoms with Crippen molar-refractivity contribution in [1.29, 1.82) is 0 Å². The maximum Gasteiger partial charge on any atom is 0.0386 e. The lowest BCUT2D eigenvalue weighted by atomic mass is 10.1. The van der Waals surface area contributed by atoms with Gasteiger partial charge < -0.3 is 5.32 Å². The van der Waals surface area contributed by atoms with Crippen molar-refractivity contribution in [3.8, 4) is 0 Å². The molecule has 0 aliphatic carbocycles. The zero-order valence-corrected chi connectivity index (χ0v) is 8.68. The molecule has 0 amide bonds. The van der Waals surface area contributed by atoms with Crippen molar-refractivity contribution < 1.29 is 0 Å². The summed E-state index contributed by atoms with van der Waals surface area (Å²) in [4.78, 5) is 4.15. The van der Waals surface area contributed by atoms with E-state index in [0.29, 0.717) is 0 Å². The number of nitrogens with one attached hydrogen (secondary N) is 1. The molecular formula is C11H16N2. The van der Waals surface area contributed by atoms with Crippen molar-refractivity contribution in [2.24, 2.45) is 4.99 Å². The molecule has 2 heteroatoms. The van der Waals surface area contributed by atoms with Gasteiger partial charge in [-0.1, -0.05) is 12.1 Å². The molecule has 0 unspecified atom stereocenters. The molecule has 0 radical (unpaired) electrons. The second kappa shape index (κ2) is 4.08. The Labute approximate surface area is 79.7 Å². The summed E-state index contributed by atoms with van der Waals surface area (Å²) >= 11 is 0. The van der Waals surface area contributed by atoms with Crippen LogP contribution in [-0.2, 0) is 0 Å². The quantitative estimate of drug-likeness (QED) is 0.688. The minimum atomic E-state index is 1.07. The lowest BCUT2D eigenvalue weighted by molar-refractivity contribution is 1.37. The number of aliphatic imine (C=N–C) groups is 1. The Morgan fingerprint density at radius 1 is 1.38 bits per heavy atom. The minimum absolute atomic E-state index is 1.07. The molecule has 1 aromatic carbocycles. The second-order valence-corrected chi connectivity index (χ2v) is 3.09. The first-order valence-electron chi connectivity index (χ1n) is 4.41. The third-order valence-electron chi connectivity index (χ3n) is 2.26. The summed E-state index contributed by atoms with van der Waals surface area (Å²) in [6, 6.07) is 6.33. The first-order chi connectivity index (χ1) is 6.19. The summed E-state index contributed by atoms with van der Waals surface area (Å²) in [5.41, 5.74) is 4.67. The van der Waals surface area contributed by atoms with Gasteiger partial charge in [0.05, 0.1) is 0 Å². The number of nitrogens with zero attached hydrogens (tertiary/aromatic N) is 1. The number of benzene rings is 1. The van der Waals surface area contributed by atoms with E-state index in [1.165, 1.54) is 16.8 Å². The van der Waals surface area contributed by atoms with Crippen LogP contribution in [0.15, 0.2) is 23.2 Å². The first-order valence-corrected chi connectivity index (χ1v) is 4.41. The van der Waals surface area contributed by atoms with Gasteiger partial charge >= 0.3 is 0 Å². The SMILES string of the molecule is CN=C(C)c1ccc(C)c(NC)c1. The van der Waals surface area contributed by atoms with E-state index in [9.17, 15) is 0 Å². The number of hydrogen-bond acceptors (Lipinski definition) is 2. The molecule has 0 saturated carbocycles. The van der Waals surface area contributed by atoms with Crippen LogP contribution < -0.4 is 5.32 Å². The molecular weight excluding hydrogens is 160 g/mol. The maximum atomic E-state index is 4.15. The highest BCUT2D eigenvalue weighted by Gasteiger charge is 2.00. The van der Waals surface area contributed by atoms with Crippen LogP contribution >= 0.6 is 0 Å². The van der Waals surface area contributed by atoms with Crippen molar-refractivity contribution in [2.45, 2.75) is 13.8 Å². The Balaban J connectivity index is 3.13. The van der Waals surface area contributed by atoms with Gasteiger partial charge in [0.25, 0.3) is 0 Å².